The Kier molecular flexibility index (Phi) is 4.75. The molecule has 0 spiro atoms. The molecule has 13 heavy (non-hydrogen) atoms. The van der Waals surface area contributed by atoms with Crippen LogP contribution in [0.1, 0.15) is 40.5 Å². The van der Waals surface area contributed by atoms with Crippen molar-refractivity contribution in [3.05, 3.63) is 12.3 Å². The Balaban J connectivity index is 4.04. The molecule has 0 N–H and O–H groups in total. The lowest BCUT2D eigenvalue weighted by Crippen LogP contribution is -2.39. The van der Waals surface area contributed by atoms with E-state index in [9.17, 15) is 0 Å². The first-order valence-corrected chi connectivity index (χ1v) is 8.05. The van der Waals surface area contributed by atoms with Gasteiger partial charge in [0, 0.05) is 0 Å². The zero-order valence-electron chi connectivity index (χ0n) is 9.98. The average molecular weight is 200 g/mol. The van der Waals surface area contributed by atoms with Gasteiger partial charge in [0.1, 0.15) is 0 Å². The van der Waals surface area contributed by atoms with Crippen LogP contribution in [0.3, 0.4) is 0 Å². The smallest absolute Gasteiger partial charge is 0.249 e. The van der Waals surface area contributed by atoms with E-state index >= 15 is 0 Å². The van der Waals surface area contributed by atoms with Crippen LogP contribution in [0.25, 0.3) is 0 Å². The van der Waals surface area contributed by atoms with Crippen molar-refractivity contribution in [2.45, 2.75) is 58.7 Å². The van der Waals surface area contributed by atoms with Crippen LogP contribution in [0.15, 0.2) is 12.3 Å². The van der Waals surface area contributed by atoms with Gasteiger partial charge in [-0.2, -0.15) is 0 Å². The van der Waals surface area contributed by atoms with E-state index in [1.165, 1.54) is 6.42 Å². The molecule has 0 aromatic rings. The fourth-order valence-electron chi connectivity index (χ4n) is 0.630. The van der Waals surface area contributed by atoms with Gasteiger partial charge in [-0.25, -0.2) is 0 Å². The van der Waals surface area contributed by atoms with E-state index in [0.29, 0.717) is 5.04 Å². The minimum atomic E-state index is -1.54. The molecule has 0 atom stereocenters. The van der Waals surface area contributed by atoms with Crippen LogP contribution in [0, 0.1) is 0 Å². The predicted octanol–water partition coefficient (Wildman–Crippen LogP) is 4.32. The standard InChI is InChI=1S/C11H24OSi/c1-7-8-9-10-12-13(5,6)11(2,3)4/h9-10H,7-8H2,1-6H3. The number of hydrogen-bond donors (Lipinski definition) is 0. The molecule has 1 nitrogen and oxygen atoms in total. The van der Waals surface area contributed by atoms with Crippen molar-refractivity contribution >= 4 is 8.32 Å². The quantitative estimate of drug-likeness (QED) is 0.485. The molecule has 0 radical (unpaired) electrons. The van der Waals surface area contributed by atoms with Crippen molar-refractivity contribution in [2.24, 2.45) is 0 Å². The highest BCUT2D eigenvalue weighted by Gasteiger charge is 2.37. The van der Waals surface area contributed by atoms with Crippen molar-refractivity contribution in [1.82, 2.24) is 0 Å². The third-order valence-corrected chi connectivity index (χ3v) is 7.06. The number of hydrogen-bond acceptors (Lipinski definition) is 1. The van der Waals surface area contributed by atoms with E-state index in [0.717, 1.165) is 6.42 Å². The van der Waals surface area contributed by atoms with E-state index in [1.54, 1.807) is 0 Å². The minimum absolute atomic E-state index is 0.309. The van der Waals surface area contributed by atoms with Crippen molar-refractivity contribution < 1.29 is 4.43 Å². The molecule has 0 aliphatic carbocycles. The first-order chi connectivity index (χ1) is 5.81. The molecule has 0 heterocycles. The Labute approximate surface area is 84.3 Å². The predicted molar refractivity (Wildman–Crippen MR) is 62.3 cm³/mol. The maximum Gasteiger partial charge on any atom is 0.249 e. The molecule has 0 aliphatic heterocycles. The molecule has 2 heteroatoms. The number of rotatable bonds is 4. The van der Waals surface area contributed by atoms with Crippen LogP contribution < -0.4 is 0 Å². The maximum absolute atomic E-state index is 5.85. The summed E-state index contributed by atoms with van der Waals surface area (Å²) in [5.41, 5.74) is 0. The van der Waals surface area contributed by atoms with E-state index < -0.39 is 8.32 Å². The normalized spacial score (nSPS) is 13.7. The molecule has 0 amide bonds. The molecule has 0 aliphatic rings. The van der Waals surface area contributed by atoms with Gasteiger partial charge in [0.05, 0.1) is 6.26 Å². The van der Waals surface area contributed by atoms with E-state index in [1.807, 2.05) is 6.26 Å². The van der Waals surface area contributed by atoms with Gasteiger partial charge in [0.25, 0.3) is 0 Å². The Morgan fingerprint density at radius 2 is 1.77 bits per heavy atom. The molecule has 0 fully saturated rings. The average Bonchev–Trinajstić information content (AvgIpc) is 1.96. The summed E-state index contributed by atoms with van der Waals surface area (Å²) >= 11 is 0. The molecular formula is C11H24OSi. The summed E-state index contributed by atoms with van der Waals surface area (Å²) in [4.78, 5) is 0. The summed E-state index contributed by atoms with van der Waals surface area (Å²) in [6.07, 6.45) is 6.34. The Morgan fingerprint density at radius 1 is 1.23 bits per heavy atom. The third kappa shape index (κ3) is 4.51. The molecule has 0 bridgehead atoms. The van der Waals surface area contributed by atoms with Crippen molar-refractivity contribution in [3.8, 4) is 0 Å². The van der Waals surface area contributed by atoms with Gasteiger partial charge in [-0.15, -0.1) is 0 Å². The maximum atomic E-state index is 5.85. The van der Waals surface area contributed by atoms with Crippen LogP contribution in [0.5, 0.6) is 0 Å². The van der Waals surface area contributed by atoms with E-state index in [2.05, 4.69) is 46.9 Å². The number of allylic oxidation sites excluding steroid dienone is 1. The van der Waals surface area contributed by atoms with Crippen molar-refractivity contribution in [2.75, 3.05) is 0 Å². The zero-order valence-corrected chi connectivity index (χ0v) is 11.0. The van der Waals surface area contributed by atoms with Crippen LogP contribution in [0.2, 0.25) is 18.1 Å². The summed E-state index contributed by atoms with van der Waals surface area (Å²) in [7, 11) is -1.54. The first-order valence-electron chi connectivity index (χ1n) is 5.14. The highest BCUT2D eigenvalue weighted by molar-refractivity contribution is 6.74. The molecule has 0 unspecified atom stereocenters. The molecule has 78 valence electrons. The molecule has 0 aromatic heterocycles. The summed E-state index contributed by atoms with van der Waals surface area (Å²) in [5.74, 6) is 0. The molecular weight excluding hydrogens is 176 g/mol. The monoisotopic (exact) mass is 200 g/mol. The van der Waals surface area contributed by atoms with E-state index in [4.69, 9.17) is 4.43 Å². The lowest BCUT2D eigenvalue weighted by Gasteiger charge is -2.34. The summed E-state index contributed by atoms with van der Waals surface area (Å²) in [6, 6.07) is 0. The van der Waals surface area contributed by atoms with E-state index in [-0.39, 0.29) is 0 Å². The molecule has 0 aromatic carbocycles. The summed E-state index contributed by atoms with van der Waals surface area (Å²) in [5, 5.41) is 0.309. The number of unbranched alkanes of at least 4 members (excludes halogenated alkanes) is 1. The largest absolute Gasteiger partial charge is 0.549 e. The first kappa shape index (κ1) is 12.8. The lowest BCUT2D eigenvalue weighted by molar-refractivity contribution is 0.428. The Morgan fingerprint density at radius 3 is 2.15 bits per heavy atom. The van der Waals surface area contributed by atoms with Crippen LogP contribution in [-0.2, 0) is 4.43 Å². The highest BCUT2D eigenvalue weighted by Crippen LogP contribution is 2.36. The second kappa shape index (κ2) is 4.84. The molecule has 0 saturated carbocycles. The summed E-state index contributed by atoms with van der Waals surface area (Å²) < 4.78 is 5.85. The fraction of sp³-hybridized carbons (Fsp3) is 0.818. The van der Waals surface area contributed by atoms with Crippen LogP contribution in [0.4, 0.5) is 0 Å². The van der Waals surface area contributed by atoms with Crippen molar-refractivity contribution in [1.29, 1.82) is 0 Å². The second-order valence-electron chi connectivity index (χ2n) is 5.04. The highest BCUT2D eigenvalue weighted by atomic mass is 28.4. The Bertz CT molecular complexity index is 165. The Hall–Kier alpha value is -0.243. The van der Waals surface area contributed by atoms with Gasteiger partial charge in [0.2, 0.25) is 8.32 Å². The van der Waals surface area contributed by atoms with Gasteiger partial charge in [0.15, 0.2) is 0 Å². The van der Waals surface area contributed by atoms with Crippen LogP contribution in [-0.4, -0.2) is 8.32 Å². The van der Waals surface area contributed by atoms with Gasteiger partial charge < -0.3 is 4.43 Å². The summed E-state index contributed by atoms with van der Waals surface area (Å²) in [6.45, 7) is 13.5. The zero-order chi connectivity index (χ0) is 10.5. The molecule has 0 rings (SSSR count). The van der Waals surface area contributed by atoms with Gasteiger partial charge in [-0.1, -0.05) is 40.2 Å². The van der Waals surface area contributed by atoms with Gasteiger partial charge >= 0.3 is 0 Å². The third-order valence-electron chi connectivity index (χ3n) is 2.72. The minimum Gasteiger partial charge on any atom is -0.549 e. The lowest BCUT2D eigenvalue weighted by atomic mass is 10.2. The SMILES string of the molecule is CCCC=CO[Si](C)(C)C(C)(C)C. The fourth-order valence-corrected chi connectivity index (χ4v) is 1.42. The van der Waals surface area contributed by atoms with Crippen LogP contribution >= 0.6 is 0 Å². The molecule has 0 saturated heterocycles. The van der Waals surface area contributed by atoms with Crippen molar-refractivity contribution in [3.63, 3.8) is 0 Å². The van der Waals surface area contributed by atoms with Gasteiger partial charge in [-0.05, 0) is 24.6 Å². The topological polar surface area (TPSA) is 9.23 Å². The second-order valence-corrected chi connectivity index (χ2v) is 9.79. The van der Waals surface area contributed by atoms with Gasteiger partial charge in [-0.3, -0.25) is 0 Å².